The minimum Gasteiger partial charge on any atom is -0.325 e. The van der Waals surface area contributed by atoms with Crippen LogP contribution in [-0.4, -0.2) is 40.1 Å². The Hall–Kier alpha value is -3.00. The number of urea groups is 1. The monoisotopic (exact) mass is 415 g/mol. The minimum atomic E-state index is -1.00. The molecule has 0 saturated carbocycles. The second-order valence-corrected chi connectivity index (χ2v) is 6.52. The van der Waals surface area contributed by atoms with Crippen molar-refractivity contribution in [3.05, 3.63) is 64.6 Å². The van der Waals surface area contributed by atoms with Gasteiger partial charge in [0.05, 0.1) is 6.54 Å². The number of nitrogens with one attached hydrogen (secondary N) is 1. The van der Waals surface area contributed by atoms with Crippen molar-refractivity contribution >= 4 is 45.4 Å². The van der Waals surface area contributed by atoms with Gasteiger partial charge in [0.15, 0.2) is 0 Å². The number of carbonyl (C=O) groups is 4. The fourth-order valence-corrected chi connectivity index (χ4v) is 2.74. The van der Waals surface area contributed by atoms with E-state index in [9.17, 15) is 19.2 Å². The Labute approximate surface area is 157 Å². The van der Waals surface area contributed by atoms with E-state index in [2.05, 4.69) is 21.2 Å². The minimum absolute atomic E-state index is 0.0188. The van der Waals surface area contributed by atoms with Gasteiger partial charge in [0, 0.05) is 10.2 Å². The van der Waals surface area contributed by atoms with E-state index < -0.39 is 30.3 Å². The van der Waals surface area contributed by atoms with Gasteiger partial charge in [0.2, 0.25) is 5.91 Å². The molecule has 8 heteroatoms. The molecular weight excluding hydrogens is 402 g/mol. The van der Waals surface area contributed by atoms with Gasteiger partial charge in [-0.3, -0.25) is 19.3 Å². The van der Waals surface area contributed by atoms with Crippen molar-refractivity contribution in [3.8, 4) is 0 Å². The summed E-state index contributed by atoms with van der Waals surface area (Å²) in [6.07, 6.45) is 0. The largest absolute Gasteiger partial charge is 0.335 e. The standard InChI is InChI=1S/C18H14BrN3O4/c19-13-6-8-14(9-7-13)20-15(23)11-22-17(25)16(24)21(18(22)26)10-12-4-2-1-3-5-12/h1-9H,10-11H2,(H,20,23). The zero-order valence-electron chi connectivity index (χ0n) is 13.5. The van der Waals surface area contributed by atoms with Crippen LogP contribution in [0.5, 0.6) is 0 Å². The Morgan fingerprint density at radius 2 is 1.50 bits per heavy atom. The summed E-state index contributed by atoms with van der Waals surface area (Å²) in [5.74, 6) is -2.50. The van der Waals surface area contributed by atoms with E-state index in [1.807, 2.05) is 0 Å². The van der Waals surface area contributed by atoms with Crippen molar-refractivity contribution < 1.29 is 19.2 Å². The van der Waals surface area contributed by atoms with Crippen molar-refractivity contribution in [3.63, 3.8) is 0 Å². The molecule has 1 N–H and O–H groups in total. The molecule has 1 saturated heterocycles. The van der Waals surface area contributed by atoms with Gasteiger partial charge in [0.25, 0.3) is 0 Å². The summed E-state index contributed by atoms with van der Waals surface area (Å²) in [7, 11) is 0. The highest BCUT2D eigenvalue weighted by molar-refractivity contribution is 9.10. The van der Waals surface area contributed by atoms with Crippen LogP contribution in [0, 0.1) is 0 Å². The molecular formula is C18H14BrN3O4. The number of nitrogens with zero attached hydrogens (tertiary/aromatic N) is 2. The van der Waals surface area contributed by atoms with Crippen LogP contribution in [0.3, 0.4) is 0 Å². The number of rotatable bonds is 5. The molecule has 0 aromatic heterocycles. The third-order valence-corrected chi connectivity index (χ3v) is 4.28. The molecule has 0 aliphatic carbocycles. The lowest BCUT2D eigenvalue weighted by Crippen LogP contribution is -2.38. The molecule has 132 valence electrons. The normalized spacial score (nSPS) is 14.1. The summed E-state index contributed by atoms with van der Waals surface area (Å²) in [4.78, 5) is 50.2. The molecule has 5 amide bonds. The lowest BCUT2D eigenvalue weighted by molar-refractivity contribution is -0.143. The van der Waals surface area contributed by atoms with Gasteiger partial charge in [-0.2, -0.15) is 0 Å². The maximum Gasteiger partial charge on any atom is 0.335 e. The Morgan fingerprint density at radius 3 is 2.15 bits per heavy atom. The average Bonchev–Trinajstić information content (AvgIpc) is 2.83. The Balaban J connectivity index is 1.67. The number of carbonyl (C=O) groups excluding carboxylic acids is 4. The number of amides is 5. The molecule has 2 aromatic carbocycles. The van der Waals surface area contributed by atoms with E-state index in [0.717, 1.165) is 9.37 Å². The first-order chi connectivity index (χ1) is 12.5. The molecule has 0 unspecified atom stereocenters. The highest BCUT2D eigenvalue weighted by atomic mass is 79.9. The van der Waals surface area contributed by atoms with Crippen molar-refractivity contribution in [1.29, 1.82) is 0 Å². The smallest absolute Gasteiger partial charge is 0.325 e. The zero-order valence-corrected chi connectivity index (χ0v) is 15.1. The summed E-state index contributed by atoms with van der Waals surface area (Å²) in [6, 6.07) is 14.9. The summed E-state index contributed by atoms with van der Waals surface area (Å²) in [6.45, 7) is -0.542. The molecule has 3 rings (SSSR count). The third-order valence-electron chi connectivity index (χ3n) is 3.75. The molecule has 0 spiro atoms. The Kier molecular flexibility index (Phi) is 5.13. The molecule has 1 aliphatic heterocycles. The molecule has 1 fully saturated rings. The van der Waals surface area contributed by atoms with Crippen molar-refractivity contribution in [2.24, 2.45) is 0 Å². The summed E-state index contributed by atoms with van der Waals surface area (Å²) >= 11 is 3.29. The highest BCUT2D eigenvalue weighted by Gasteiger charge is 2.45. The van der Waals surface area contributed by atoms with E-state index >= 15 is 0 Å². The summed E-state index contributed by atoms with van der Waals surface area (Å²) in [5.41, 5.74) is 1.23. The van der Waals surface area contributed by atoms with Crippen molar-refractivity contribution in [2.45, 2.75) is 6.54 Å². The average molecular weight is 416 g/mol. The molecule has 1 heterocycles. The molecule has 1 aliphatic rings. The number of halogens is 1. The van der Waals surface area contributed by atoms with Gasteiger partial charge in [-0.25, -0.2) is 9.69 Å². The maximum atomic E-state index is 12.4. The number of imide groups is 2. The van der Waals surface area contributed by atoms with Gasteiger partial charge in [-0.15, -0.1) is 0 Å². The fourth-order valence-electron chi connectivity index (χ4n) is 2.47. The van der Waals surface area contributed by atoms with Crippen molar-refractivity contribution in [2.75, 3.05) is 11.9 Å². The molecule has 0 bridgehead atoms. The molecule has 26 heavy (non-hydrogen) atoms. The first-order valence-corrected chi connectivity index (χ1v) is 8.51. The van der Waals surface area contributed by atoms with Gasteiger partial charge in [-0.05, 0) is 29.8 Å². The third kappa shape index (κ3) is 3.80. The van der Waals surface area contributed by atoms with E-state index in [1.54, 1.807) is 54.6 Å². The quantitative estimate of drug-likeness (QED) is 0.599. The van der Waals surface area contributed by atoms with Gasteiger partial charge in [0.1, 0.15) is 6.54 Å². The van der Waals surface area contributed by atoms with Gasteiger partial charge in [-0.1, -0.05) is 46.3 Å². The van der Waals surface area contributed by atoms with Crippen LogP contribution in [0.1, 0.15) is 5.56 Å². The Morgan fingerprint density at radius 1 is 0.885 bits per heavy atom. The zero-order chi connectivity index (χ0) is 18.7. The van der Waals surface area contributed by atoms with Gasteiger partial charge >= 0.3 is 17.8 Å². The second-order valence-electron chi connectivity index (χ2n) is 5.61. The van der Waals surface area contributed by atoms with E-state index in [1.165, 1.54) is 0 Å². The fraction of sp³-hybridized carbons (Fsp3) is 0.111. The Bertz CT molecular complexity index is 868. The van der Waals surface area contributed by atoms with E-state index in [0.29, 0.717) is 16.2 Å². The van der Waals surface area contributed by atoms with E-state index in [-0.39, 0.29) is 6.54 Å². The summed E-state index contributed by atoms with van der Waals surface area (Å²) < 4.78 is 0.850. The van der Waals surface area contributed by atoms with Crippen LogP contribution in [0.4, 0.5) is 10.5 Å². The van der Waals surface area contributed by atoms with E-state index in [4.69, 9.17) is 0 Å². The SMILES string of the molecule is O=C(CN1C(=O)C(=O)N(Cc2ccccc2)C1=O)Nc1ccc(Br)cc1. The van der Waals surface area contributed by atoms with Gasteiger partial charge < -0.3 is 5.32 Å². The molecule has 0 radical (unpaired) electrons. The topological polar surface area (TPSA) is 86.8 Å². The molecule has 7 nitrogen and oxygen atoms in total. The first-order valence-electron chi connectivity index (χ1n) is 7.72. The number of hydrogen-bond donors (Lipinski definition) is 1. The van der Waals surface area contributed by atoms with Crippen LogP contribution in [0.25, 0.3) is 0 Å². The number of benzene rings is 2. The highest BCUT2D eigenvalue weighted by Crippen LogP contribution is 2.17. The van der Waals surface area contributed by atoms with Crippen LogP contribution < -0.4 is 5.32 Å². The summed E-state index contributed by atoms with van der Waals surface area (Å²) in [5, 5.41) is 2.58. The van der Waals surface area contributed by atoms with Crippen LogP contribution in [0.15, 0.2) is 59.1 Å². The maximum absolute atomic E-state index is 12.4. The lowest BCUT2D eigenvalue weighted by Gasteiger charge is -2.15. The number of hydrogen-bond acceptors (Lipinski definition) is 4. The lowest BCUT2D eigenvalue weighted by atomic mass is 10.2. The number of anilines is 1. The predicted octanol–water partition coefficient (Wildman–Crippen LogP) is 2.38. The van der Waals surface area contributed by atoms with Crippen LogP contribution >= 0.6 is 15.9 Å². The predicted molar refractivity (Wildman–Crippen MR) is 96.9 cm³/mol. The van der Waals surface area contributed by atoms with Crippen molar-refractivity contribution in [1.82, 2.24) is 9.80 Å². The second kappa shape index (κ2) is 7.49. The molecule has 0 atom stereocenters. The van der Waals surface area contributed by atoms with Crippen LogP contribution in [-0.2, 0) is 20.9 Å². The van der Waals surface area contributed by atoms with Crippen LogP contribution in [0.2, 0.25) is 0 Å². The first kappa shape index (κ1) is 17.8. The molecule has 2 aromatic rings.